The van der Waals surface area contributed by atoms with Gasteiger partial charge in [-0.3, -0.25) is 0 Å². The number of rotatable bonds is 9. The van der Waals surface area contributed by atoms with E-state index in [4.69, 9.17) is 10.00 Å². The summed E-state index contributed by atoms with van der Waals surface area (Å²) in [6, 6.07) is 2.09. The molecular formula is C10H20N2O. The van der Waals surface area contributed by atoms with E-state index in [-0.39, 0.29) is 0 Å². The maximum Gasteiger partial charge on any atom is 0.0635 e. The van der Waals surface area contributed by atoms with Gasteiger partial charge in [0.2, 0.25) is 0 Å². The first-order chi connectivity index (χ1) is 6.41. The Kier molecular flexibility index (Phi) is 10.9. The standard InChI is InChI=1S/C10H20N2O/c1-2-3-9-13-10-5-8-12-7-4-6-11/h12H,2-5,7-10H2,1H3. The van der Waals surface area contributed by atoms with Crippen LogP contribution < -0.4 is 5.32 Å². The molecule has 0 atom stereocenters. The second kappa shape index (κ2) is 11.4. The first-order valence-corrected chi connectivity index (χ1v) is 5.07. The molecular weight excluding hydrogens is 164 g/mol. The summed E-state index contributed by atoms with van der Waals surface area (Å²) in [5.74, 6) is 0. The van der Waals surface area contributed by atoms with Gasteiger partial charge in [0.25, 0.3) is 0 Å². The molecule has 0 aliphatic carbocycles. The smallest absolute Gasteiger partial charge is 0.0635 e. The molecule has 0 heterocycles. The van der Waals surface area contributed by atoms with Crippen molar-refractivity contribution in [3.05, 3.63) is 0 Å². The fraction of sp³-hybridized carbons (Fsp3) is 0.900. The van der Waals surface area contributed by atoms with Gasteiger partial charge >= 0.3 is 0 Å². The monoisotopic (exact) mass is 184 g/mol. The summed E-state index contributed by atoms with van der Waals surface area (Å²) in [6.07, 6.45) is 3.98. The van der Waals surface area contributed by atoms with Gasteiger partial charge in [0, 0.05) is 26.2 Å². The van der Waals surface area contributed by atoms with Crippen molar-refractivity contribution in [2.75, 3.05) is 26.3 Å². The molecule has 0 aliphatic heterocycles. The second-order valence-corrected chi connectivity index (χ2v) is 2.98. The summed E-state index contributed by atoms with van der Waals surface area (Å²) >= 11 is 0. The van der Waals surface area contributed by atoms with Crippen LogP contribution in [-0.2, 0) is 4.74 Å². The minimum absolute atomic E-state index is 0.594. The number of nitrogens with one attached hydrogen (secondary N) is 1. The zero-order valence-electron chi connectivity index (χ0n) is 8.51. The highest BCUT2D eigenvalue weighted by atomic mass is 16.5. The van der Waals surface area contributed by atoms with Gasteiger partial charge in [0.15, 0.2) is 0 Å². The molecule has 13 heavy (non-hydrogen) atoms. The van der Waals surface area contributed by atoms with E-state index in [2.05, 4.69) is 18.3 Å². The van der Waals surface area contributed by atoms with Crippen molar-refractivity contribution in [1.82, 2.24) is 5.32 Å². The predicted molar refractivity (Wildman–Crippen MR) is 53.4 cm³/mol. The lowest BCUT2D eigenvalue weighted by Crippen LogP contribution is -2.17. The topological polar surface area (TPSA) is 45.0 Å². The Bertz CT molecular complexity index is 131. The molecule has 0 saturated carbocycles. The molecule has 0 bridgehead atoms. The lowest BCUT2D eigenvalue weighted by Gasteiger charge is -2.03. The van der Waals surface area contributed by atoms with E-state index in [0.717, 1.165) is 39.1 Å². The van der Waals surface area contributed by atoms with Crippen LogP contribution in [0, 0.1) is 11.3 Å². The molecule has 3 nitrogen and oxygen atoms in total. The Morgan fingerprint density at radius 2 is 2.00 bits per heavy atom. The van der Waals surface area contributed by atoms with Crippen LogP contribution in [0.1, 0.15) is 32.6 Å². The quantitative estimate of drug-likeness (QED) is 0.555. The van der Waals surface area contributed by atoms with Crippen LogP contribution in [0.3, 0.4) is 0 Å². The highest BCUT2D eigenvalue weighted by Crippen LogP contribution is 1.88. The van der Waals surface area contributed by atoms with Crippen molar-refractivity contribution in [2.24, 2.45) is 0 Å². The second-order valence-electron chi connectivity index (χ2n) is 2.98. The highest BCUT2D eigenvalue weighted by Gasteiger charge is 1.89. The maximum absolute atomic E-state index is 8.25. The van der Waals surface area contributed by atoms with Gasteiger partial charge in [-0.05, 0) is 19.4 Å². The molecule has 1 N–H and O–H groups in total. The molecule has 0 unspecified atom stereocenters. The molecule has 3 heteroatoms. The van der Waals surface area contributed by atoms with Gasteiger partial charge in [0.1, 0.15) is 0 Å². The van der Waals surface area contributed by atoms with E-state index in [1.807, 2.05) is 0 Å². The van der Waals surface area contributed by atoms with Crippen LogP contribution in [-0.4, -0.2) is 26.3 Å². The molecule has 0 aliphatic rings. The fourth-order valence-electron chi connectivity index (χ4n) is 0.917. The number of nitrogens with zero attached hydrogens (tertiary/aromatic N) is 1. The first-order valence-electron chi connectivity index (χ1n) is 5.07. The third kappa shape index (κ3) is 11.4. The van der Waals surface area contributed by atoms with Crippen molar-refractivity contribution in [2.45, 2.75) is 32.6 Å². The summed E-state index contributed by atoms with van der Waals surface area (Å²) in [5, 5.41) is 11.4. The van der Waals surface area contributed by atoms with Crippen LogP contribution in [0.4, 0.5) is 0 Å². The molecule has 0 saturated heterocycles. The Labute approximate surface area is 81.1 Å². The van der Waals surface area contributed by atoms with Crippen molar-refractivity contribution >= 4 is 0 Å². The summed E-state index contributed by atoms with van der Waals surface area (Å²) in [6.45, 7) is 5.63. The molecule has 0 aromatic carbocycles. The zero-order chi connectivity index (χ0) is 9.78. The average molecular weight is 184 g/mol. The third-order valence-corrected chi connectivity index (χ3v) is 1.70. The SMILES string of the molecule is CCCCOCCCNCCC#N. The van der Waals surface area contributed by atoms with E-state index in [0.29, 0.717) is 6.42 Å². The molecule has 0 radical (unpaired) electrons. The molecule has 76 valence electrons. The number of nitriles is 1. The normalized spacial score (nSPS) is 9.85. The van der Waals surface area contributed by atoms with Gasteiger partial charge in [-0.2, -0.15) is 5.26 Å². The van der Waals surface area contributed by atoms with Gasteiger partial charge in [0.05, 0.1) is 6.07 Å². The van der Waals surface area contributed by atoms with Crippen molar-refractivity contribution in [3.63, 3.8) is 0 Å². The van der Waals surface area contributed by atoms with Gasteiger partial charge in [-0.25, -0.2) is 0 Å². The van der Waals surface area contributed by atoms with Crippen molar-refractivity contribution in [3.8, 4) is 6.07 Å². The van der Waals surface area contributed by atoms with E-state index in [1.54, 1.807) is 0 Å². The molecule has 0 aromatic heterocycles. The summed E-state index contributed by atoms with van der Waals surface area (Å²) in [7, 11) is 0. The molecule has 0 aromatic rings. The average Bonchev–Trinajstić information content (AvgIpc) is 2.16. The van der Waals surface area contributed by atoms with Crippen LogP contribution in [0.2, 0.25) is 0 Å². The van der Waals surface area contributed by atoms with Gasteiger partial charge < -0.3 is 10.1 Å². The zero-order valence-corrected chi connectivity index (χ0v) is 8.51. The van der Waals surface area contributed by atoms with Gasteiger partial charge in [-0.1, -0.05) is 13.3 Å². The minimum Gasteiger partial charge on any atom is -0.381 e. The largest absolute Gasteiger partial charge is 0.381 e. The van der Waals surface area contributed by atoms with E-state index >= 15 is 0 Å². The van der Waals surface area contributed by atoms with Crippen molar-refractivity contribution < 1.29 is 4.74 Å². The third-order valence-electron chi connectivity index (χ3n) is 1.70. The van der Waals surface area contributed by atoms with Crippen LogP contribution in [0.25, 0.3) is 0 Å². The Morgan fingerprint density at radius 3 is 2.69 bits per heavy atom. The fourth-order valence-corrected chi connectivity index (χ4v) is 0.917. The molecule has 0 rings (SSSR count). The van der Waals surface area contributed by atoms with E-state index in [9.17, 15) is 0 Å². The summed E-state index contributed by atoms with van der Waals surface area (Å²) in [5.41, 5.74) is 0. The first kappa shape index (κ1) is 12.4. The minimum atomic E-state index is 0.594. The lowest BCUT2D eigenvalue weighted by atomic mass is 10.3. The molecule has 0 fully saturated rings. The Balaban J connectivity index is 2.80. The maximum atomic E-state index is 8.25. The van der Waals surface area contributed by atoms with Gasteiger partial charge in [-0.15, -0.1) is 0 Å². The van der Waals surface area contributed by atoms with E-state index in [1.165, 1.54) is 6.42 Å². The number of unbranched alkanes of at least 4 members (excludes halogenated alkanes) is 1. The predicted octanol–water partition coefficient (Wildman–Crippen LogP) is 1.70. The lowest BCUT2D eigenvalue weighted by molar-refractivity contribution is 0.129. The summed E-state index contributed by atoms with van der Waals surface area (Å²) in [4.78, 5) is 0. The number of ether oxygens (including phenoxy) is 1. The number of hydrogen-bond donors (Lipinski definition) is 1. The van der Waals surface area contributed by atoms with Crippen LogP contribution in [0.5, 0.6) is 0 Å². The Morgan fingerprint density at radius 1 is 1.23 bits per heavy atom. The summed E-state index contributed by atoms with van der Waals surface area (Å²) < 4.78 is 5.38. The van der Waals surface area contributed by atoms with Crippen molar-refractivity contribution in [1.29, 1.82) is 5.26 Å². The Hall–Kier alpha value is -0.590. The molecule has 0 spiro atoms. The van der Waals surface area contributed by atoms with E-state index < -0.39 is 0 Å². The van der Waals surface area contributed by atoms with Crippen LogP contribution >= 0.6 is 0 Å². The molecule has 0 amide bonds. The number of hydrogen-bond acceptors (Lipinski definition) is 3. The van der Waals surface area contributed by atoms with Crippen LogP contribution in [0.15, 0.2) is 0 Å². The highest BCUT2D eigenvalue weighted by molar-refractivity contribution is 4.69.